The Morgan fingerprint density at radius 2 is 0.500 bits per heavy atom. The molecule has 1 atom stereocenters. The van der Waals surface area contributed by atoms with Crippen LogP contribution < -0.4 is 0 Å². The van der Waals surface area contributed by atoms with E-state index in [0.29, 0.717) is 19.3 Å². The molecular weight excluding hydrogens is 817 g/mol. The largest absolute Gasteiger partial charge is 0.462 e. The molecule has 0 saturated carbocycles. The van der Waals surface area contributed by atoms with Crippen molar-refractivity contribution < 1.29 is 28.6 Å². The van der Waals surface area contributed by atoms with E-state index in [-0.39, 0.29) is 31.1 Å². The maximum absolute atomic E-state index is 12.7. The number of esters is 3. The van der Waals surface area contributed by atoms with E-state index < -0.39 is 6.10 Å². The average molecular weight is 932 g/mol. The number of ether oxygens (including phenoxy) is 3. The minimum Gasteiger partial charge on any atom is -0.462 e. The molecule has 0 saturated heterocycles. The molecule has 0 N–H and O–H groups in total. The van der Waals surface area contributed by atoms with Crippen LogP contribution in [0, 0.1) is 0 Å². The third-order valence-electron chi connectivity index (χ3n) is 13.5. The zero-order valence-corrected chi connectivity index (χ0v) is 44.7. The smallest absolute Gasteiger partial charge is 0.306 e. The van der Waals surface area contributed by atoms with Gasteiger partial charge in [0.2, 0.25) is 0 Å². The molecule has 0 heterocycles. The lowest BCUT2D eigenvalue weighted by molar-refractivity contribution is -0.167. The van der Waals surface area contributed by atoms with E-state index in [2.05, 4.69) is 32.9 Å². The summed E-state index contributed by atoms with van der Waals surface area (Å²) in [5.74, 6) is -0.875. The van der Waals surface area contributed by atoms with Gasteiger partial charge in [-0.25, -0.2) is 0 Å². The SMILES string of the molecule is CCCCCC/C=C\CCCCCCCC(=O)OC(COC(=O)CCCCCCC)COC(=O)CCCCCCCCCCCCCCCCCCCCCCCCCCCCCCCC. The first-order chi connectivity index (χ1) is 32.5. The number of hydrogen-bond donors (Lipinski definition) is 0. The summed E-state index contributed by atoms with van der Waals surface area (Å²) in [5.41, 5.74) is 0. The Morgan fingerprint density at radius 1 is 0.288 bits per heavy atom. The van der Waals surface area contributed by atoms with Gasteiger partial charge in [0.1, 0.15) is 13.2 Å². The first kappa shape index (κ1) is 64.2. The molecule has 0 aliphatic rings. The summed E-state index contributed by atoms with van der Waals surface area (Å²) in [7, 11) is 0. The van der Waals surface area contributed by atoms with Crippen LogP contribution in [0.2, 0.25) is 0 Å². The molecule has 390 valence electrons. The minimum atomic E-state index is -0.766. The Hall–Kier alpha value is -1.85. The molecule has 6 heteroatoms. The fourth-order valence-corrected chi connectivity index (χ4v) is 9.03. The maximum atomic E-state index is 12.7. The van der Waals surface area contributed by atoms with Gasteiger partial charge in [-0.2, -0.15) is 0 Å². The lowest BCUT2D eigenvalue weighted by Crippen LogP contribution is -2.30. The zero-order chi connectivity index (χ0) is 47.9. The monoisotopic (exact) mass is 931 g/mol. The van der Waals surface area contributed by atoms with Crippen molar-refractivity contribution in [1.82, 2.24) is 0 Å². The second-order valence-corrected chi connectivity index (χ2v) is 20.3. The van der Waals surface area contributed by atoms with Crippen LogP contribution in [0.3, 0.4) is 0 Å². The normalized spacial score (nSPS) is 12.0. The first-order valence-electron chi connectivity index (χ1n) is 29.7. The maximum Gasteiger partial charge on any atom is 0.306 e. The van der Waals surface area contributed by atoms with Crippen molar-refractivity contribution in [3.05, 3.63) is 12.2 Å². The Bertz CT molecular complexity index is 1020. The van der Waals surface area contributed by atoms with Crippen molar-refractivity contribution in [3.63, 3.8) is 0 Å². The molecule has 66 heavy (non-hydrogen) atoms. The van der Waals surface area contributed by atoms with E-state index >= 15 is 0 Å². The van der Waals surface area contributed by atoms with Crippen molar-refractivity contribution in [1.29, 1.82) is 0 Å². The fourth-order valence-electron chi connectivity index (χ4n) is 9.03. The van der Waals surface area contributed by atoms with Crippen molar-refractivity contribution in [2.45, 2.75) is 341 Å². The summed E-state index contributed by atoms with van der Waals surface area (Å²) < 4.78 is 16.7. The van der Waals surface area contributed by atoms with Crippen LogP contribution in [0.5, 0.6) is 0 Å². The molecule has 0 radical (unpaired) electrons. The summed E-state index contributed by atoms with van der Waals surface area (Å²) in [6.07, 6.45) is 64.2. The van der Waals surface area contributed by atoms with Crippen molar-refractivity contribution >= 4 is 17.9 Å². The lowest BCUT2D eigenvalue weighted by atomic mass is 10.0. The highest BCUT2D eigenvalue weighted by atomic mass is 16.6. The van der Waals surface area contributed by atoms with Crippen LogP contribution >= 0.6 is 0 Å². The van der Waals surface area contributed by atoms with Gasteiger partial charge in [-0.15, -0.1) is 0 Å². The predicted molar refractivity (Wildman–Crippen MR) is 284 cm³/mol. The van der Waals surface area contributed by atoms with Crippen LogP contribution in [0.15, 0.2) is 12.2 Å². The average Bonchev–Trinajstić information content (AvgIpc) is 3.31. The molecule has 0 amide bonds. The van der Waals surface area contributed by atoms with E-state index in [1.54, 1.807) is 0 Å². The second kappa shape index (κ2) is 55.7. The molecule has 0 aromatic carbocycles. The van der Waals surface area contributed by atoms with Crippen molar-refractivity contribution in [3.8, 4) is 0 Å². The highest BCUT2D eigenvalue weighted by Gasteiger charge is 2.19. The van der Waals surface area contributed by atoms with Gasteiger partial charge >= 0.3 is 17.9 Å². The van der Waals surface area contributed by atoms with Crippen LogP contribution in [0.25, 0.3) is 0 Å². The summed E-state index contributed by atoms with van der Waals surface area (Å²) in [6.45, 7) is 6.58. The molecule has 0 bridgehead atoms. The van der Waals surface area contributed by atoms with E-state index in [0.717, 1.165) is 70.6 Å². The standard InChI is InChI=1S/C60H114O6/c1-4-7-10-13-15-17-19-21-22-23-24-25-26-27-28-29-30-31-32-33-34-35-36-37-39-40-42-44-47-50-53-59(62)65-56-57(55-64-58(61)52-49-46-12-9-6-3)66-60(63)54-51-48-45-43-41-38-20-18-16-14-11-8-5-2/h18,20,57H,4-17,19,21-56H2,1-3H3/b20-18-. The second-order valence-electron chi connectivity index (χ2n) is 20.3. The summed E-state index contributed by atoms with van der Waals surface area (Å²) in [6, 6.07) is 0. The van der Waals surface area contributed by atoms with Gasteiger partial charge in [-0.1, -0.05) is 283 Å². The van der Waals surface area contributed by atoms with Gasteiger partial charge < -0.3 is 14.2 Å². The van der Waals surface area contributed by atoms with Gasteiger partial charge in [-0.3, -0.25) is 14.4 Å². The Kier molecular flexibility index (Phi) is 54.2. The van der Waals surface area contributed by atoms with Gasteiger partial charge in [-0.05, 0) is 44.9 Å². The van der Waals surface area contributed by atoms with Gasteiger partial charge in [0.05, 0.1) is 0 Å². The van der Waals surface area contributed by atoms with Crippen LogP contribution in [-0.2, 0) is 28.6 Å². The first-order valence-corrected chi connectivity index (χ1v) is 29.7. The Balaban J connectivity index is 3.88. The summed E-state index contributed by atoms with van der Waals surface area (Å²) in [5, 5.41) is 0. The van der Waals surface area contributed by atoms with Gasteiger partial charge in [0, 0.05) is 19.3 Å². The highest BCUT2D eigenvalue weighted by Crippen LogP contribution is 2.18. The fraction of sp³-hybridized carbons (Fsp3) is 0.917. The highest BCUT2D eigenvalue weighted by molar-refractivity contribution is 5.71. The number of hydrogen-bond acceptors (Lipinski definition) is 6. The van der Waals surface area contributed by atoms with Crippen molar-refractivity contribution in [2.24, 2.45) is 0 Å². The molecule has 0 aromatic rings. The third-order valence-corrected chi connectivity index (χ3v) is 13.5. The lowest BCUT2D eigenvalue weighted by Gasteiger charge is -2.18. The number of rotatable bonds is 55. The molecule has 0 aliphatic carbocycles. The van der Waals surface area contributed by atoms with Gasteiger partial charge in [0.15, 0.2) is 6.10 Å². The summed E-state index contributed by atoms with van der Waals surface area (Å²) in [4.78, 5) is 37.7. The van der Waals surface area contributed by atoms with E-state index in [9.17, 15) is 14.4 Å². The minimum absolute atomic E-state index is 0.0694. The molecule has 6 nitrogen and oxygen atoms in total. The molecule has 0 rings (SSSR count). The molecule has 0 fully saturated rings. The quantitative estimate of drug-likeness (QED) is 0.0262. The molecule has 0 aromatic heterocycles. The molecular formula is C60H114O6. The Labute approximate surface area is 411 Å². The molecule has 0 aliphatic heterocycles. The van der Waals surface area contributed by atoms with E-state index in [1.807, 2.05) is 0 Å². The third kappa shape index (κ3) is 53.1. The summed E-state index contributed by atoms with van der Waals surface area (Å²) >= 11 is 0. The predicted octanol–water partition coefficient (Wildman–Crippen LogP) is 19.7. The zero-order valence-electron chi connectivity index (χ0n) is 44.7. The van der Waals surface area contributed by atoms with E-state index in [4.69, 9.17) is 14.2 Å². The molecule has 0 spiro atoms. The molecule has 1 unspecified atom stereocenters. The van der Waals surface area contributed by atoms with Crippen LogP contribution in [0.1, 0.15) is 335 Å². The van der Waals surface area contributed by atoms with Gasteiger partial charge in [0.25, 0.3) is 0 Å². The van der Waals surface area contributed by atoms with Crippen molar-refractivity contribution in [2.75, 3.05) is 13.2 Å². The Morgan fingerprint density at radius 3 is 0.773 bits per heavy atom. The topological polar surface area (TPSA) is 78.9 Å². The van der Waals surface area contributed by atoms with Crippen LogP contribution in [0.4, 0.5) is 0 Å². The number of unbranched alkanes of at least 4 members (excludes halogenated alkanes) is 42. The number of carbonyl (C=O) groups excluding carboxylic acids is 3. The number of carbonyl (C=O) groups is 3. The van der Waals surface area contributed by atoms with Crippen LogP contribution in [-0.4, -0.2) is 37.2 Å². The van der Waals surface area contributed by atoms with E-state index in [1.165, 1.54) is 225 Å². The number of allylic oxidation sites excluding steroid dienone is 2.